The second-order valence-corrected chi connectivity index (χ2v) is 6.40. The number of hydrogen-bond acceptors (Lipinski definition) is 5. The van der Waals surface area contributed by atoms with Gasteiger partial charge in [0, 0.05) is 13.1 Å². The molecule has 22 heavy (non-hydrogen) atoms. The molecule has 0 saturated carbocycles. The van der Waals surface area contributed by atoms with E-state index in [1.165, 1.54) is 0 Å². The summed E-state index contributed by atoms with van der Waals surface area (Å²) in [6, 6.07) is 5.57. The average molecular weight is 304 g/mol. The van der Waals surface area contributed by atoms with Crippen molar-refractivity contribution in [1.82, 2.24) is 0 Å². The van der Waals surface area contributed by atoms with Crippen molar-refractivity contribution in [3.63, 3.8) is 0 Å². The Labute approximate surface area is 131 Å². The van der Waals surface area contributed by atoms with E-state index in [9.17, 15) is 10.1 Å². The number of ether oxygens (including phenoxy) is 1. The topological polar surface area (TPSA) is 91.4 Å². The maximum atomic E-state index is 11.9. The number of nitrogens with one attached hydrogen (secondary N) is 1. The fourth-order valence-corrected chi connectivity index (χ4v) is 1.79. The van der Waals surface area contributed by atoms with E-state index >= 15 is 0 Å². The number of carbonyl (C=O) groups excluding carboxylic acids is 1. The lowest BCUT2D eigenvalue weighted by atomic mass is 10.1. The van der Waals surface area contributed by atoms with Gasteiger partial charge in [-0.3, -0.25) is 5.32 Å². The summed E-state index contributed by atoms with van der Waals surface area (Å²) in [4.78, 5) is 13.8. The fourth-order valence-electron chi connectivity index (χ4n) is 1.79. The van der Waals surface area contributed by atoms with Gasteiger partial charge in [0.2, 0.25) is 0 Å². The molecule has 1 aromatic carbocycles. The minimum Gasteiger partial charge on any atom is -0.444 e. The number of nitrogens with zero attached hydrogens (tertiary/aromatic N) is 2. The van der Waals surface area contributed by atoms with E-state index < -0.39 is 11.7 Å². The zero-order valence-electron chi connectivity index (χ0n) is 14.0. The van der Waals surface area contributed by atoms with E-state index in [1.807, 2.05) is 25.8 Å². The Morgan fingerprint density at radius 3 is 2.45 bits per heavy atom. The highest BCUT2D eigenvalue weighted by molar-refractivity contribution is 5.91. The summed E-state index contributed by atoms with van der Waals surface area (Å²) < 4.78 is 5.22. The summed E-state index contributed by atoms with van der Waals surface area (Å²) in [6.07, 6.45) is -0.581. The van der Waals surface area contributed by atoms with Gasteiger partial charge in [-0.2, -0.15) is 5.26 Å². The normalized spacial score (nSPS) is 11.0. The molecular formula is C16H24N4O2. The molecule has 0 aliphatic heterocycles. The van der Waals surface area contributed by atoms with Crippen LogP contribution in [0, 0.1) is 11.3 Å². The third kappa shape index (κ3) is 4.55. The van der Waals surface area contributed by atoms with Crippen LogP contribution in [-0.4, -0.2) is 24.8 Å². The minimum absolute atomic E-state index is 0.199. The summed E-state index contributed by atoms with van der Waals surface area (Å²) >= 11 is 0. The number of benzene rings is 1. The molecule has 0 aliphatic carbocycles. The first-order valence-electron chi connectivity index (χ1n) is 7.11. The predicted molar refractivity (Wildman–Crippen MR) is 89.0 cm³/mol. The van der Waals surface area contributed by atoms with Gasteiger partial charge in [-0.1, -0.05) is 0 Å². The second-order valence-electron chi connectivity index (χ2n) is 6.40. The van der Waals surface area contributed by atoms with Crippen molar-refractivity contribution in [3.05, 3.63) is 17.7 Å². The molecule has 0 radical (unpaired) electrons. The van der Waals surface area contributed by atoms with Gasteiger partial charge in [0.15, 0.2) is 0 Å². The van der Waals surface area contributed by atoms with E-state index in [0.29, 0.717) is 22.6 Å². The molecule has 0 atom stereocenters. The van der Waals surface area contributed by atoms with Crippen molar-refractivity contribution in [2.75, 3.05) is 23.0 Å². The van der Waals surface area contributed by atoms with Gasteiger partial charge >= 0.3 is 6.09 Å². The van der Waals surface area contributed by atoms with Crippen molar-refractivity contribution in [3.8, 4) is 6.07 Å². The van der Waals surface area contributed by atoms with Gasteiger partial charge in [-0.05, 0) is 46.8 Å². The summed E-state index contributed by atoms with van der Waals surface area (Å²) in [5.41, 5.74) is 7.24. The lowest BCUT2D eigenvalue weighted by Gasteiger charge is -2.26. The van der Waals surface area contributed by atoms with Gasteiger partial charge in [0.25, 0.3) is 0 Å². The van der Waals surface area contributed by atoms with Gasteiger partial charge in [0.05, 0.1) is 22.6 Å². The van der Waals surface area contributed by atoms with Crippen LogP contribution < -0.4 is 16.0 Å². The number of carbonyl (C=O) groups is 1. The first-order chi connectivity index (χ1) is 10.0. The Kier molecular flexibility index (Phi) is 5.26. The Morgan fingerprint density at radius 2 is 2.00 bits per heavy atom. The van der Waals surface area contributed by atoms with E-state index in [1.54, 1.807) is 32.9 Å². The van der Waals surface area contributed by atoms with E-state index in [0.717, 1.165) is 0 Å². The van der Waals surface area contributed by atoms with Crippen molar-refractivity contribution >= 4 is 23.2 Å². The predicted octanol–water partition coefficient (Wildman–Crippen LogP) is 3.33. The summed E-state index contributed by atoms with van der Waals surface area (Å²) in [5, 5.41) is 11.9. The van der Waals surface area contributed by atoms with Crippen LogP contribution in [-0.2, 0) is 4.74 Å². The number of anilines is 3. The Balaban J connectivity index is 3.14. The molecule has 0 unspecified atom stereocenters. The molecule has 6 nitrogen and oxygen atoms in total. The molecule has 0 heterocycles. The van der Waals surface area contributed by atoms with E-state index in [2.05, 4.69) is 11.4 Å². The highest BCUT2D eigenvalue weighted by atomic mass is 16.6. The largest absolute Gasteiger partial charge is 0.444 e. The summed E-state index contributed by atoms with van der Waals surface area (Å²) in [7, 11) is 1.88. The molecule has 120 valence electrons. The van der Waals surface area contributed by atoms with Crippen LogP contribution in [0.25, 0.3) is 0 Å². The molecule has 0 aliphatic rings. The highest BCUT2D eigenvalue weighted by Gasteiger charge is 2.19. The first-order valence-corrected chi connectivity index (χ1v) is 7.11. The number of rotatable bonds is 3. The maximum Gasteiger partial charge on any atom is 0.412 e. The van der Waals surface area contributed by atoms with Crippen LogP contribution in [0.2, 0.25) is 0 Å². The third-order valence-corrected chi connectivity index (χ3v) is 3.08. The van der Waals surface area contributed by atoms with Crippen molar-refractivity contribution in [1.29, 1.82) is 5.26 Å². The SMILES string of the molecule is CC(C)N(C)c1cc(NC(=O)OC(C)(C)C)c(N)cc1C#N. The van der Waals surface area contributed by atoms with Crippen LogP contribution in [0.4, 0.5) is 21.9 Å². The molecular weight excluding hydrogens is 280 g/mol. The lowest BCUT2D eigenvalue weighted by Crippen LogP contribution is -2.28. The molecule has 0 bridgehead atoms. The van der Waals surface area contributed by atoms with Crippen molar-refractivity contribution in [2.24, 2.45) is 0 Å². The zero-order chi connectivity index (χ0) is 17.1. The Hall–Kier alpha value is -2.42. The monoisotopic (exact) mass is 304 g/mol. The average Bonchev–Trinajstić information content (AvgIpc) is 2.37. The number of nitrogens with two attached hydrogens (primary N) is 1. The van der Waals surface area contributed by atoms with Gasteiger partial charge in [-0.15, -0.1) is 0 Å². The summed E-state index contributed by atoms with van der Waals surface area (Å²) in [5.74, 6) is 0. The maximum absolute atomic E-state index is 11.9. The van der Waals surface area contributed by atoms with E-state index in [4.69, 9.17) is 10.5 Å². The van der Waals surface area contributed by atoms with Gasteiger partial charge in [-0.25, -0.2) is 4.79 Å². The molecule has 0 aromatic heterocycles. The first kappa shape index (κ1) is 17.6. The van der Waals surface area contributed by atoms with Crippen LogP contribution in [0.3, 0.4) is 0 Å². The van der Waals surface area contributed by atoms with Crippen LogP contribution >= 0.6 is 0 Å². The molecule has 1 rings (SSSR count). The minimum atomic E-state index is -0.594. The van der Waals surface area contributed by atoms with E-state index in [-0.39, 0.29) is 6.04 Å². The molecule has 3 N–H and O–H groups in total. The number of nitriles is 1. The molecule has 1 amide bonds. The molecule has 0 spiro atoms. The zero-order valence-corrected chi connectivity index (χ0v) is 14.0. The number of amides is 1. The van der Waals surface area contributed by atoms with Crippen LogP contribution in [0.1, 0.15) is 40.2 Å². The number of hydrogen-bond donors (Lipinski definition) is 2. The van der Waals surface area contributed by atoms with Crippen LogP contribution in [0.5, 0.6) is 0 Å². The molecule has 6 heteroatoms. The Bertz CT molecular complexity index is 597. The fraction of sp³-hybridized carbons (Fsp3) is 0.500. The quantitative estimate of drug-likeness (QED) is 0.836. The Morgan fingerprint density at radius 1 is 1.41 bits per heavy atom. The smallest absolute Gasteiger partial charge is 0.412 e. The molecule has 1 aromatic rings. The van der Waals surface area contributed by atoms with Crippen LogP contribution in [0.15, 0.2) is 12.1 Å². The standard InChI is InChI=1S/C16H24N4O2/c1-10(2)20(6)14-8-13(12(18)7-11(14)9-17)19-15(21)22-16(3,4)5/h7-8,10H,18H2,1-6H3,(H,19,21). The second kappa shape index (κ2) is 6.56. The van der Waals surface area contributed by atoms with Gasteiger partial charge < -0.3 is 15.4 Å². The number of nitrogen functional groups attached to an aromatic ring is 1. The highest BCUT2D eigenvalue weighted by Crippen LogP contribution is 2.30. The lowest BCUT2D eigenvalue weighted by molar-refractivity contribution is 0.0636. The molecule has 0 fully saturated rings. The van der Waals surface area contributed by atoms with Crippen molar-refractivity contribution < 1.29 is 9.53 Å². The molecule has 0 saturated heterocycles. The van der Waals surface area contributed by atoms with Gasteiger partial charge in [0.1, 0.15) is 11.7 Å². The van der Waals surface area contributed by atoms with Crippen molar-refractivity contribution in [2.45, 2.75) is 46.3 Å². The third-order valence-electron chi connectivity index (χ3n) is 3.08. The summed E-state index contributed by atoms with van der Waals surface area (Å²) in [6.45, 7) is 9.38.